The molecule has 1 heterocycles. The summed E-state index contributed by atoms with van der Waals surface area (Å²) >= 11 is 0. The number of hydrazine groups is 1. The van der Waals surface area contributed by atoms with E-state index in [1.807, 2.05) is 5.01 Å². The number of nitrogens with zero attached hydrogens (tertiary/aromatic N) is 1. The van der Waals surface area contributed by atoms with Crippen molar-refractivity contribution in [1.29, 1.82) is 0 Å². The van der Waals surface area contributed by atoms with E-state index < -0.39 is 17.6 Å². The van der Waals surface area contributed by atoms with E-state index in [1.165, 1.54) is 0 Å². The van der Waals surface area contributed by atoms with Crippen LogP contribution in [0.4, 0.5) is 13.2 Å². The molecule has 1 saturated carbocycles. The molecule has 2 unspecified atom stereocenters. The van der Waals surface area contributed by atoms with E-state index in [4.69, 9.17) is 10.5 Å². The van der Waals surface area contributed by atoms with Crippen molar-refractivity contribution in [2.24, 2.45) is 11.7 Å². The van der Waals surface area contributed by atoms with Gasteiger partial charge in [-0.05, 0) is 19.3 Å². The van der Waals surface area contributed by atoms with Gasteiger partial charge in [-0.1, -0.05) is 6.42 Å². The number of ether oxygens (including phenoxy) is 1. The molecule has 4 nitrogen and oxygen atoms in total. The Labute approximate surface area is 111 Å². The predicted octanol–water partition coefficient (Wildman–Crippen LogP) is 1.27. The molecule has 1 saturated heterocycles. The molecule has 0 amide bonds. The van der Waals surface area contributed by atoms with Crippen molar-refractivity contribution in [2.75, 3.05) is 32.8 Å². The van der Waals surface area contributed by atoms with Crippen molar-refractivity contribution in [1.82, 2.24) is 10.4 Å². The maximum atomic E-state index is 12.9. The molecule has 0 aromatic rings. The molecule has 7 heteroatoms. The molecule has 0 radical (unpaired) electrons. The van der Waals surface area contributed by atoms with E-state index in [9.17, 15) is 13.2 Å². The normalized spacial score (nSPS) is 34.4. The minimum atomic E-state index is -4.12. The number of halogens is 3. The Morgan fingerprint density at radius 3 is 2.58 bits per heavy atom. The van der Waals surface area contributed by atoms with E-state index in [0.717, 1.165) is 0 Å². The molecule has 0 aromatic carbocycles. The largest absolute Gasteiger partial charge is 0.391 e. The average Bonchev–Trinajstić information content (AvgIpc) is 2.39. The van der Waals surface area contributed by atoms with Gasteiger partial charge in [0.2, 0.25) is 0 Å². The minimum Gasteiger partial charge on any atom is -0.379 e. The monoisotopic (exact) mass is 281 g/mol. The van der Waals surface area contributed by atoms with Gasteiger partial charge in [-0.2, -0.15) is 13.2 Å². The van der Waals surface area contributed by atoms with Gasteiger partial charge in [-0.25, -0.2) is 10.4 Å². The van der Waals surface area contributed by atoms with E-state index in [0.29, 0.717) is 39.1 Å². The van der Waals surface area contributed by atoms with Crippen molar-refractivity contribution in [2.45, 2.75) is 37.4 Å². The Morgan fingerprint density at radius 1 is 1.32 bits per heavy atom. The van der Waals surface area contributed by atoms with Crippen molar-refractivity contribution in [3.05, 3.63) is 0 Å². The Morgan fingerprint density at radius 2 is 2.00 bits per heavy atom. The van der Waals surface area contributed by atoms with Crippen LogP contribution in [0.15, 0.2) is 0 Å². The molecule has 0 bridgehead atoms. The quantitative estimate of drug-likeness (QED) is 0.818. The molecular formula is C12H22F3N3O. The Bertz CT molecular complexity index is 294. The standard InChI is InChI=1S/C12H22F3N3O/c13-12(14,15)10-2-1-3-11(8-10,9-16)17-18-4-6-19-7-5-18/h10,17H,1-9,16H2. The maximum absolute atomic E-state index is 12.9. The van der Waals surface area contributed by atoms with Gasteiger partial charge in [0.05, 0.1) is 19.1 Å². The maximum Gasteiger partial charge on any atom is 0.391 e. The molecule has 1 aliphatic heterocycles. The first-order chi connectivity index (χ1) is 8.95. The lowest BCUT2D eigenvalue weighted by Crippen LogP contribution is -2.62. The molecule has 2 fully saturated rings. The molecule has 0 aromatic heterocycles. The van der Waals surface area contributed by atoms with E-state index in [2.05, 4.69) is 5.43 Å². The first-order valence-electron chi connectivity index (χ1n) is 6.82. The van der Waals surface area contributed by atoms with Gasteiger partial charge in [0.15, 0.2) is 0 Å². The van der Waals surface area contributed by atoms with Gasteiger partial charge in [0.25, 0.3) is 0 Å². The number of nitrogens with one attached hydrogen (secondary N) is 1. The van der Waals surface area contributed by atoms with Gasteiger partial charge in [0, 0.05) is 25.2 Å². The van der Waals surface area contributed by atoms with E-state index in [-0.39, 0.29) is 19.4 Å². The van der Waals surface area contributed by atoms with Crippen LogP contribution < -0.4 is 11.2 Å². The van der Waals surface area contributed by atoms with Crippen LogP contribution in [-0.4, -0.2) is 49.6 Å². The number of rotatable bonds is 3. The highest BCUT2D eigenvalue weighted by Gasteiger charge is 2.47. The fourth-order valence-corrected chi connectivity index (χ4v) is 2.99. The van der Waals surface area contributed by atoms with Crippen LogP contribution in [0.5, 0.6) is 0 Å². The molecule has 3 N–H and O–H groups in total. The lowest BCUT2D eigenvalue weighted by molar-refractivity contribution is -0.190. The van der Waals surface area contributed by atoms with Crippen molar-refractivity contribution in [3.8, 4) is 0 Å². The molecule has 19 heavy (non-hydrogen) atoms. The van der Waals surface area contributed by atoms with E-state index in [1.54, 1.807) is 0 Å². The number of morpholine rings is 1. The third kappa shape index (κ3) is 3.81. The van der Waals surface area contributed by atoms with Crippen molar-refractivity contribution < 1.29 is 17.9 Å². The van der Waals surface area contributed by atoms with Crippen LogP contribution in [-0.2, 0) is 4.74 Å². The summed E-state index contributed by atoms with van der Waals surface area (Å²) < 4.78 is 43.9. The fraction of sp³-hybridized carbons (Fsp3) is 1.00. The molecule has 2 rings (SSSR count). The first kappa shape index (κ1) is 15.0. The van der Waals surface area contributed by atoms with Crippen LogP contribution >= 0.6 is 0 Å². The topological polar surface area (TPSA) is 50.5 Å². The van der Waals surface area contributed by atoms with Crippen molar-refractivity contribution >= 4 is 0 Å². The Kier molecular flexibility index (Phi) is 4.70. The van der Waals surface area contributed by atoms with Crippen LogP contribution in [0, 0.1) is 5.92 Å². The zero-order chi connectivity index (χ0) is 13.9. The zero-order valence-electron chi connectivity index (χ0n) is 11.0. The summed E-state index contributed by atoms with van der Waals surface area (Å²) in [6.45, 7) is 2.83. The van der Waals surface area contributed by atoms with Crippen LogP contribution in [0.3, 0.4) is 0 Å². The van der Waals surface area contributed by atoms with Crippen LogP contribution in [0.2, 0.25) is 0 Å². The second-order valence-corrected chi connectivity index (χ2v) is 5.53. The second kappa shape index (κ2) is 5.95. The Balaban J connectivity index is 2.00. The predicted molar refractivity (Wildman–Crippen MR) is 65.3 cm³/mol. The van der Waals surface area contributed by atoms with Gasteiger partial charge in [-0.15, -0.1) is 0 Å². The third-order valence-corrected chi connectivity index (χ3v) is 4.11. The van der Waals surface area contributed by atoms with E-state index >= 15 is 0 Å². The number of alkyl halides is 3. The third-order valence-electron chi connectivity index (χ3n) is 4.11. The van der Waals surface area contributed by atoms with Crippen LogP contribution in [0.25, 0.3) is 0 Å². The smallest absolute Gasteiger partial charge is 0.379 e. The Hall–Kier alpha value is -0.370. The van der Waals surface area contributed by atoms with Crippen molar-refractivity contribution in [3.63, 3.8) is 0 Å². The zero-order valence-corrected chi connectivity index (χ0v) is 11.0. The van der Waals surface area contributed by atoms with Gasteiger partial charge < -0.3 is 10.5 Å². The summed E-state index contributed by atoms with van der Waals surface area (Å²) in [7, 11) is 0. The molecule has 112 valence electrons. The highest BCUT2D eigenvalue weighted by molar-refractivity contribution is 4.95. The molecule has 0 spiro atoms. The summed E-state index contributed by atoms with van der Waals surface area (Å²) in [5.74, 6) is -1.24. The summed E-state index contributed by atoms with van der Waals surface area (Å²) in [5, 5.41) is 1.95. The summed E-state index contributed by atoms with van der Waals surface area (Å²) in [6.07, 6.45) is -2.56. The number of nitrogens with two attached hydrogens (primary N) is 1. The van der Waals surface area contributed by atoms with Gasteiger partial charge >= 0.3 is 6.18 Å². The molecular weight excluding hydrogens is 259 g/mol. The fourth-order valence-electron chi connectivity index (χ4n) is 2.99. The summed E-state index contributed by atoms with van der Waals surface area (Å²) in [4.78, 5) is 0. The highest BCUT2D eigenvalue weighted by Crippen LogP contribution is 2.41. The molecule has 1 aliphatic carbocycles. The number of hydrogen-bond acceptors (Lipinski definition) is 4. The lowest BCUT2D eigenvalue weighted by atomic mass is 9.75. The average molecular weight is 281 g/mol. The van der Waals surface area contributed by atoms with Crippen LogP contribution in [0.1, 0.15) is 25.7 Å². The number of hydrogen-bond donors (Lipinski definition) is 2. The lowest BCUT2D eigenvalue weighted by Gasteiger charge is -2.45. The van der Waals surface area contributed by atoms with Gasteiger partial charge in [0.1, 0.15) is 0 Å². The molecule has 2 atom stereocenters. The SMILES string of the molecule is NCC1(NN2CCOCC2)CCCC(C(F)(F)F)C1. The first-order valence-corrected chi connectivity index (χ1v) is 6.82. The van der Waals surface area contributed by atoms with Gasteiger partial charge in [-0.3, -0.25) is 0 Å². The summed E-state index contributed by atoms with van der Waals surface area (Å²) in [5.41, 5.74) is 8.41. The second-order valence-electron chi connectivity index (χ2n) is 5.53. The minimum absolute atomic E-state index is 0.0738. The molecule has 2 aliphatic rings. The summed E-state index contributed by atoms with van der Waals surface area (Å²) in [6, 6.07) is 0. The highest BCUT2D eigenvalue weighted by atomic mass is 19.4.